The number of para-hydroxylation sites is 1. The van der Waals surface area contributed by atoms with Crippen molar-refractivity contribution in [3.05, 3.63) is 156 Å². The molecule has 2 N–H and O–H groups in total. The second-order valence-electron chi connectivity index (χ2n) is 9.38. The molecule has 0 bridgehead atoms. The zero-order valence-corrected chi connectivity index (χ0v) is 21.6. The van der Waals surface area contributed by atoms with Crippen molar-refractivity contribution < 1.29 is 9.47 Å². The van der Waals surface area contributed by atoms with E-state index in [9.17, 15) is 5.26 Å². The molecule has 1 aromatic heterocycles. The summed E-state index contributed by atoms with van der Waals surface area (Å²) in [7, 11) is 0. The molecule has 6 rings (SSSR count). The van der Waals surface area contributed by atoms with Crippen molar-refractivity contribution in [2.45, 2.75) is 12.5 Å². The molecule has 0 radical (unpaired) electrons. The molecular formula is C34H26N4O2. The number of allylic oxidation sites excluding steroid dienone is 2. The van der Waals surface area contributed by atoms with Gasteiger partial charge in [0.25, 0.3) is 0 Å². The number of ether oxygens (including phenoxy) is 2. The fourth-order valence-corrected chi connectivity index (χ4v) is 4.73. The number of hydrogen-bond acceptors (Lipinski definition) is 5. The van der Waals surface area contributed by atoms with E-state index in [1.807, 2.05) is 132 Å². The minimum atomic E-state index is -0.449. The first-order valence-corrected chi connectivity index (χ1v) is 13.0. The molecule has 0 saturated carbocycles. The Kier molecular flexibility index (Phi) is 6.85. The largest absolute Gasteiger partial charge is 0.489 e. The summed E-state index contributed by atoms with van der Waals surface area (Å²) in [6.07, 6.45) is 3.90. The van der Waals surface area contributed by atoms with Crippen LogP contribution in [0, 0.1) is 11.3 Å². The highest BCUT2D eigenvalue weighted by atomic mass is 16.5. The van der Waals surface area contributed by atoms with Crippen LogP contribution in [0.4, 0.5) is 0 Å². The molecule has 4 aromatic carbocycles. The number of nitrogens with two attached hydrogens (primary N) is 1. The minimum Gasteiger partial charge on any atom is -0.489 e. The molecule has 194 valence electrons. The van der Waals surface area contributed by atoms with E-state index in [4.69, 9.17) is 20.3 Å². The van der Waals surface area contributed by atoms with Crippen molar-refractivity contribution in [2.24, 2.45) is 5.73 Å². The Balaban J connectivity index is 1.41. The minimum absolute atomic E-state index is 0.0944. The monoisotopic (exact) mass is 522 g/mol. The first-order valence-electron chi connectivity index (χ1n) is 13.0. The highest BCUT2D eigenvalue weighted by Crippen LogP contribution is 2.40. The van der Waals surface area contributed by atoms with E-state index in [1.54, 1.807) is 0 Å². The molecule has 1 atom stereocenters. The Morgan fingerprint density at radius 3 is 2.15 bits per heavy atom. The van der Waals surface area contributed by atoms with E-state index in [0.29, 0.717) is 17.9 Å². The lowest BCUT2D eigenvalue weighted by atomic mass is 9.88. The predicted octanol–water partition coefficient (Wildman–Crippen LogP) is 6.97. The Labute approximate surface area is 232 Å². The summed E-state index contributed by atoms with van der Waals surface area (Å²) >= 11 is 0. The van der Waals surface area contributed by atoms with E-state index in [0.717, 1.165) is 39.4 Å². The van der Waals surface area contributed by atoms with Crippen molar-refractivity contribution in [1.82, 2.24) is 9.78 Å². The topological polar surface area (TPSA) is 86.1 Å². The van der Waals surface area contributed by atoms with Crippen LogP contribution >= 0.6 is 0 Å². The molecule has 5 aromatic rings. The molecule has 0 aliphatic carbocycles. The third kappa shape index (κ3) is 5.09. The molecule has 1 aliphatic heterocycles. The first-order chi connectivity index (χ1) is 19.7. The van der Waals surface area contributed by atoms with Crippen LogP contribution in [-0.4, -0.2) is 9.78 Å². The van der Waals surface area contributed by atoms with E-state index in [2.05, 4.69) is 6.07 Å². The van der Waals surface area contributed by atoms with Gasteiger partial charge in [-0.3, -0.25) is 0 Å². The Bertz CT molecular complexity index is 1720. The molecule has 0 fully saturated rings. The molecule has 6 heteroatoms. The van der Waals surface area contributed by atoms with Crippen LogP contribution in [0.2, 0.25) is 0 Å². The van der Waals surface area contributed by atoms with E-state index in [1.165, 1.54) is 0 Å². The summed E-state index contributed by atoms with van der Waals surface area (Å²) in [6.45, 7) is 0.485. The third-order valence-electron chi connectivity index (χ3n) is 6.77. The molecule has 0 saturated heterocycles. The summed E-state index contributed by atoms with van der Waals surface area (Å²) < 4.78 is 13.7. The van der Waals surface area contributed by atoms with Gasteiger partial charge in [0, 0.05) is 22.9 Å². The van der Waals surface area contributed by atoms with Crippen molar-refractivity contribution in [2.75, 3.05) is 0 Å². The zero-order chi connectivity index (χ0) is 27.3. The Morgan fingerprint density at radius 2 is 1.48 bits per heavy atom. The molecule has 1 unspecified atom stereocenters. The van der Waals surface area contributed by atoms with Gasteiger partial charge in [0.05, 0.1) is 17.3 Å². The maximum Gasteiger partial charge on any atom is 0.205 e. The SMILES string of the molecule is N#CC1=C(N)OC(c2ccccc2)=CC1c1cn(-c2ccccc2)nc1-c1ccc(OCc2ccccc2)cc1. The highest BCUT2D eigenvalue weighted by molar-refractivity contribution is 5.71. The molecule has 0 amide bonds. The van der Waals surface area contributed by atoms with Gasteiger partial charge < -0.3 is 15.2 Å². The summed E-state index contributed by atoms with van der Waals surface area (Å²) in [5.41, 5.74) is 12.0. The van der Waals surface area contributed by atoms with Crippen molar-refractivity contribution >= 4 is 5.76 Å². The van der Waals surface area contributed by atoms with Crippen LogP contribution in [0.5, 0.6) is 5.75 Å². The normalized spacial score (nSPS) is 14.7. The molecule has 2 heterocycles. The van der Waals surface area contributed by atoms with Crippen LogP contribution in [-0.2, 0) is 11.3 Å². The maximum absolute atomic E-state index is 10.1. The molecule has 0 spiro atoms. The molecule has 6 nitrogen and oxygen atoms in total. The van der Waals surface area contributed by atoms with Crippen LogP contribution in [0.3, 0.4) is 0 Å². The van der Waals surface area contributed by atoms with Crippen LogP contribution in [0.1, 0.15) is 22.6 Å². The Morgan fingerprint density at radius 1 is 0.825 bits per heavy atom. The van der Waals surface area contributed by atoms with Gasteiger partial charge in [-0.15, -0.1) is 0 Å². The van der Waals surface area contributed by atoms with Crippen LogP contribution in [0.25, 0.3) is 22.7 Å². The molecule has 40 heavy (non-hydrogen) atoms. The number of nitriles is 1. The number of benzene rings is 4. The number of hydrogen-bond donors (Lipinski definition) is 1. The first kappa shape index (κ1) is 24.8. The van der Waals surface area contributed by atoms with E-state index < -0.39 is 5.92 Å². The number of rotatable bonds is 7. The van der Waals surface area contributed by atoms with Gasteiger partial charge in [0.15, 0.2) is 0 Å². The van der Waals surface area contributed by atoms with Crippen LogP contribution < -0.4 is 10.5 Å². The van der Waals surface area contributed by atoms with Crippen LogP contribution in [0.15, 0.2) is 139 Å². The average Bonchev–Trinajstić information content (AvgIpc) is 3.47. The number of nitrogens with zero attached hydrogens (tertiary/aromatic N) is 3. The van der Waals surface area contributed by atoms with Gasteiger partial charge in [-0.1, -0.05) is 78.9 Å². The fourth-order valence-electron chi connectivity index (χ4n) is 4.73. The van der Waals surface area contributed by atoms with Gasteiger partial charge in [0.2, 0.25) is 5.88 Å². The van der Waals surface area contributed by atoms with Gasteiger partial charge >= 0.3 is 0 Å². The lowest BCUT2D eigenvalue weighted by Gasteiger charge is -2.23. The lowest BCUT2D eigenvalue weighted by Crippen LogP contribution is -2.16. The fraction of sp³-hybridized carbons (Fsp3) is 0.0588. The van der Waals surface area contributed by atoms with Crippen molar-refractivity contribution in [3.63, 3.8) is 0 Å². The predicted molar refractivity (Wildman–Crippen MR) is 155 cm³/mol. The highest BCUT2D eigenvalue weighted by Gasteiger charge is 2.30. The number of aromatic nitrogens is 2. The zero-order valence-electron chi connectivity index (χ0n) is 21.6. The second kappa shape index (κ2) is 11.1. The maximum atomic E-state index is 10.1. The molecule has 1 aliphatic rings. The smallest absolute Gasteiger partial charge is 0.205 e. The van der Waals surface area contributed by atoms with Gasteiger partial charge in [0.1, 0.15) is 29.8 Å². The summed E-state index contributed by atoms with van der Waals surface area (Å²) in [5, 5.41) is 15.1. The third-order valence-corrected chi connectivity index (χ3v) is 6.77. The van der Waals surface area contributed by atoms with E-state index in [-0.39, 0.29) is 5.88 Å². The standard InChI is InChI=1S/C34H26N4O2/c35-21-30-29(20-32(40-34(30)36)25-12-6-2-7-13-25)31-22-38(27-14-8-3-9-15-27)37-33(31)26-16-18-28(19-17-26)39-23-24-10-4-1-5-11-24/h1-20,22,29H,23,36H2. The summed E-state index contributed by atoms with van der Waals surface area (Å²) in [5.74, 6) is 1.01. The van der Waals surface area contributed by atoms with Crippen molar-refractivity contribution in [3.8, 4) is 28.8 Å². The van der Waals surface area contributed by atoms with Crippen molar-refractivity contribution in [1.29, 1.82) is 5.26 Å². The van der Waals surface area contributed by atoms with Gasteiger partial charge in [-0.2, -0.15) is 10.4 Å². The lowest BCUT2D eigenvalue weighted by molar-refractivity contribution is 0.306. The Hall–Kier alpha value is -5.54. The second-order valence-corrected chi connectivity index (χ2v) is 9.38. The summed E-state index contributed by atoms with van der Waals surface area (Å²) in [4.78, 5) is 0. The quantitative estimate of drug-likeness (QED) is 0.250. The summed E-state index contributed by atoms with van der Waals surface area (Å²) in [6, 6.07) is 39.8. The molecular weight excluding hydrogens is 496 g/mol. The van der Waals surface area contributed by atoms with Gasteiger partial charge in [-0.05, 0) is 48.0 Å². The van der Waals surface area contributed by atoms with Gasteiger partial charge in [-0.25, -0.2) is 4.68 Å². The van der Waals surface area contributed by atoms with E-state index >= 15 is 0 Å². The average molecular weight is 523 g/mol.